The van der Waals surface area contributed by atoms with E-state index >= 15 is 0 Å². The smallest absolute Gasteiger partial charge is 0.142 e. The molecule has 0 saturated carbocycles. The summed E-state index contributed by atoms with van der Waals surface area (Å²) >= 11 is 0. The van der Waals surface area contributed by atoms with Gasteiger partial charge >= 0.3 is 0 Å². The normalized spacial score (nSPS) is 16.4. The van der Waals surface area contributed by atoms with Crippen LogP contribution in [-0.4, -0.2) is 25.7 Å². The van der Waals surface area contributed by atoms with E-state index in [0.717, 1.165) is 31.9 Å². The van der Waals surface area contributed by atoms with Crippen molar-refractivity contribution >= 4 is 5.69 Å². The molecule has 0 aliphatic carbocycles. The molecule has 100 valence electrons. The van der Waals surface area contributed by atoms with Crippen LogP contribution in [0, 0.1) is 5.92 Å². The van der Waals surface area contributed by atoms with Crippen LogP contribution in [0.2, 0.25) is 0 Å². The van der Waals surface area contributed by atoms with Gasteiger partial charge in [-0.2, -0.15) is 0 Å². The molecule has 1 aromatic rings. The number of ether oxygens (including phenoxy) is 1. The Balaban J connectivity index is 2.23. The number of nitrogens with zero attached hydrogens (tertiary/aromatic N) is 1. The summed E-state index contributed by atoms with van der Waals surface area (Å²) in [6, 6.07) is 6.65. The zero-order valence-electron chi connectivity index (χ0n) is 11.6. The molecule has 1 aromatic carbocycles. The van der Waals surface area contributed by atoms with E-state index in [1.807, 2.05) is 6.92 Å². The number of benzene rings is 1. The average molecular weight is 248 g/mol. The first-order valence-electron chi connectivity index (χ1n) is 6.82. The van der Waals surface area contributed by atoms with Gasteiger partial charge in [-0.05, 0) is 37.0 Å². The largest absolute Gasteiger partial charge is 0.490 e. The average Bonchev–Trinajstić information content (AvgIpc) is 2.28. The van der Waals surface area contributed by atoms with Crippen LogP contribution in [0.5, 0.6) is 5.75 Å². The minimum Gasteiger partial charge on any atom is -0.490 e. The molecule has 0 amide bonds. The Morgan fingerprint density at radius 2 is 2.11 bits per heavy atom. The zero-order valence-corrected chi connectivity index (χ0v) is 11.6. The third-order valence-corrected chi connectivity index (χ3v) is 3.13. The molecule has 0 saturated heterocycles. The highest BCUT2D eigenvalue weighted by molar-refractivity contribution is 5.61. The van der Waals surface area contributed by atoms with Gasteiger partial charge < -0.3 is 15.4 Å². The molecule has 0 bridgehead atoms. The van der Waals surface area contributed by atoms with Gasteiger partial charge in [-0.25, -0.2) is 0 Å². The molecule has 0 radical (unpaired) electrons. The molecule has 0 spiro atoms. The fraction of sp³-hybridized carbons (Fsp3) is 0.600. The summed E-state index contributed by atoms with van der Waals surface area (Å²) in [5, 5.41) is 0. The van der Waals surface area contributed by atoms with Crippen molar-refractivity contribution in [3.05, 3.63) is 23.8 Å². The zero-order chi connectivity index (χ0) is 13.1. The second kappa shape index (κ2) is 5.61. The van der Waals surface area contributed by atoms with E-state index in [0.29, 0.717) is 5.92 Å². The van der Waals surface area contributed by atoms with Gasteiger partial charge in [-0.3, -0.25) is 0 Å². The van der Waals surface area contributed by atoms with Crippen molar-refractivity contribution in [2.24, 2.45) is 11.7 Å². The molecule has 2 N–H and O–H groups in total. The molecule has 3 nitrogen and oxygen atoms in total. The molecular weight excluding hydrogens is 224 g/mol. The Morgan fingerprint density at radius 3 is 2.78 bits per heavy atom. The lowest BCUT2D eigenvalue weighted by Gasteiger charge is -2.33. The van der Waals surface area contributed by atoms with Gasteiger partial charge in [0.2, 0.25) is 0 Å². The van der Waals surface area contributed by atoms with Crippen LogP contribution in [0.3, 0.4) is 0 Å². The molecule has 1 aliphatic heterocycles. The summed E-state index contributed by atoms with van der Waals surface area (Å²) in [5.41, 5.74) is 8.40. The predicted octanol–water partition coefficient (Wildman–Crippen LogP) is 2.43. The highest BCUT2D eigenvalue weighted by Crippen LogP contribution is 2.33. The van der Waals surface area contributed by atoms with Crippen molar-refractivity contribution in [2.45, 2.75) is 33.2 Å². The molecule has 1 heterocycles. The van der Waals surface area contributed by atoms with Gasteiger partial charge in [-0.1, -0.05) is 19.9 Å². The molecule has 3 heteroatoms. The topological polar surface area (TPSA) is 38.5 Å². The monoisotopic (exact) mass is 248 g/mol. The van der Waals surface area contributed by atoms with E-state index in [4.69, 9.17) is 10.5 Å². The van der Waals surface area contributed by atoms with Crippen molar-refractivity contribution in [2.75, 3.05) is 24.6 Å². The summed E-state index contributed by atoms with van der Waals surface area (Å²) < 4.78 is 5.72. The van der Waals surface area contributed by atoms with Gasteiger partial charge in [0.1, 0.15) is 12.4 Å². The summed E-state index contributed by atoms with van der Waals surface area (Å²) in [5.74, 6) is 1.67. The van der Waals surface area contributed by atoms with E-state index < -0.39 is 0 Å². The van der Waals surface area contributed by atoms with Crippen LogP contribution >= 0.6 is 0 Å². The lowest BCUT2D eigenvalue weighted by atomic mass is 10.0. The van der Waals surface area contributed by atoms with Crippen molar-refractivity contribution in [3.8, 4) is 5.75 Å². The quantitative estimate of drug-likeness (QED) is 0.889. The first-order valence-corrected chi connectivity index (χ1v) is 6.82. The lowest BCUT2D eigenvalue weighted by molar-refractivity contribution is 0.304. The Hall–Kier alpha value is -1.22. The van der Waals surface area contributed by atoms with Gasteiger partial charge in [-0.15, -0.1) is 0 Å². The molecular formula is C15H24N2O. The van der Waals surface area contributed by atoms with E-state index in [1.54, 1.807) is 0 Å². The fourth-order valence-corrected chi connectivity index (χ4v) is 2.45. The second-order valence-electron chi connectivity index (χ2n) is 5.67. The summed E-state index contributed by atoms with van der Waals surface area (Å²) in [6.07, 6.45) is 0.919. The number of nitrogens with two attached hydrogens (primary N) is 1. The fourth-order valence-electron chi connectivity index (χ4n) is 2.45. The van der Waals surface area contributed by atoms with E-state index in [1.165, 1.54) is 11.3 Å². The van der Waals surface area contributed by atoms with Crippen LogP contribution < -0.4 is 15.4 Å². The third-order valence-electron chi connectivity index (χ3n) is 3.13. The Bertz CT molecular complexity index is 401. The molecule has 1 unspecified atom stereocenters. The number of rotatable bonds is 4. The first-order chi connectivity index (χ1) is 8.56. The molecule has 1 atom stereocenters. The number of hydrogen-bond donors (Lipinski definition) is 1. The highest BCUT2D eigenvalue weighted by Gasteiger charge is 2.19. The van der Waals surface area contributed by atoms with Gasteiger partial charge in [0, 0.05) is 12.6 Å². The first kappa shape index (κ1) is 13.2. The molecule has 18 heavy (non-hydrogen) atoms. The minimum atomic E-state index is 0.200. The van der Waals surface area contributed by atoms with Gasteiger partial charge in [0.25, 0.3) is 0 Å². The number of anilines is 1. The van der Waals surface area contributed by atoms with Crippen molar-refractivity contribution in [3.63, 3.8) is 0 Å². The Kier molecular flexibility index (Phi) is 4.12. The third kappa shape index (κ3) is 3.16. The van der Waals surface area contributed by atoms with Gasteiger partial charge in [0.15, 0.2) is 0 Å². The maximum atomic E-state index is 5.87. The SMILES string of the molecule is CC(C)CN1CCOc2ccc(CC(C)N)cc21. The van der Waals surface area contributed by atoms with E-state index in [-0.39, 0.29) is 6.04 Å². The maximum Gasteiger partial charge on any atom is 0.142 e. The van der Waals surface area contributed by atoms with Gasteiger partial charge in [0.05, 0.1) is 12.2 Å². The molecule has 0 aromatic heterocycles. The lowest BCUT2D eigenvalue weighted by Crippen LogP contribution is -2.35. The van der Waals surface area contributed by atoms with Crippen LogP contribution in [0.15, 0.2) is 18.2 Å². The molecule has 1 aliphatic rings. The molecule has 2 rings (SSSR count). The summed E-state index contributed by atoms with van der Waals surface area (Å²) in [4.78, 5) is 2.42. The Labute approximate surface area is 110 Å². The predicted molar refractivity (Wildman–Crippen MR) is 76.3 cm³/mol. The highest BCUT2D eigenvalue weighted by atomic mass is 16.5. The Morgan fingerprint density at radius 1 is 1.33 bits per heavy atom. The van der Waals surface area contributed by atoms with E-state index in [2.05, 4.69) is 36.9 Å². The van der Waals surface area contributed by atoms with Crippen LogP contribution in [-0.2, 0) is 6.42 Å². The standard InChI is InChI=1S/C15H24N2O/c1-11(2)10-17-6-7-18-15-5-4-13(8-12(3)16)9-14(15)17/h4-5,9,11-12H,6-8,10,16H2,1-3H3. The number of hydrogen-bond acceptors (Lipinski definition) is 3. The summed E-state index contributed by atoms with van der Waals surface area (Å²) in [6.45, 7) is 9.39. The summed E-state index contributed by atoms with van der Waals surface area (Å²) in [7, 11) is 0. The van der Waals surface area contributed by atoms with Crippen LogP contribution in [0.4, 0.5) is 5.69 Å². The van der Waals surface area contributed by atoms with Crippen LogP contribution in [0.1, 0.15) is 26.3 Å². The van der Waals surface area contributed by atoms with E-state index in [9.17, 15) is 0 Å². The molecule has 0 fully saturated rings. The van der Waals surface area contributed by atoms with Crippen LogP contribution in [0.25, 0.3) is 0 Å². The minimum absolute atomic E-state index is 0.200. The second-order valence-corrected chi connectivity index (χ2v) is 5.67. The van der Waals surface area contributed by atoms with Crippen molar-refractivity contribution < 1.29 is 4.74 Å². The van der Waals surface area contributed by atoms with Crippen molar-refractivity contribution in [1.29, 1.82) is 0 Å². The van der Waals surface area contributed by atoms with Crippen molar-refractivity contribution in [1.82, 2.24) is 0 Å². The number of fused-ring (bicyclic) bond motifs is 1. The maximum absolute atomic E-state index is 5.87.